The summed E-state index contributed by atoms with van der Waals surface area (Å²) < 4.78 is 0. The minimum absolute atomic E-state index is 0.790. The van der Waals surface area contributed by atoms with E-state index < -0.39 is 0 Å². The maximum Gasteiger partial charge on any atom is -0.0233 e. The van der Waals surface area contributed by atoms with Crippen molar-refractivity contribution in [3.63, 3.8) is 0 Å². The minimum Gasteiger partial charge on any atom is -0.103 e. The smallest absolute Gasteiger partial charge is 0.0233 e. The van der Waals surface area contributed by atoms with Crippen LogP contribution < -0.4 is 0 Å². The van der Waals surface area contributed by atoms with E-state index in [4.69, 9.17) is 0 Å². The molecule has 0 unspecified atom stereocenters. The Morgan fingerprint density at radius 2 is 0.778 bits per heavy atom. The van der Waals surface area contributed by atoms with Crippen LogP contribution in [0.3, 0.4) is 0 Å². The second-order valence-electron chi connectivity index (χ2n) is 6.21. The average Bonchev–Trinajstić information content (AvgIpc) is 2.46. The summed E-state index contributed by atoms with van der Waals surface area (Å²) in [6, 6.07) is 0. The van der Waals surface area contributed by atoms with Crippen LogP contribution in [0.25, 0.3) is 0 Å². The quantitative estimate of drug-likeness (QED) is 0.571. The first kappa shape index (κ1) is 13.6. The zero-order valence-electron chi connectivity index (χ0n) is 11.7. The summed E-state index contributed by atoms with van der Waals surface area (Å²) in [6.45, 7) is 7.84. The molecule has 0 aliphatic heterocycles. The second-order valence-corrected chi connectivity index (χ2v) is 6.21. The summed E-state index contributed by atoms with van der Waals surface area (Å²) in [4.78, 5) is 0. The molecule has 0 amide bonds. The molecule has 0 aromatic heterocycles. The number of rotatable bonds is 4. The third-order valence-electron chi connectivity index (χ3n) is 4.96. The lowest BCUT2D eigenvalue weighted by Gasteiger charge is -2.26. The van der Waals surface area contributed by atoms with Crippen LogP contribution >= 0.6 is 0 Å². The molecule has 0 aromatic carbocycles. The van der Waals surface area contributed by atoms with E-state index >= 15 is 0 Å². The van der Waals surface area contributed by atoms with Crippen LogP contribution in [0.1, 0.15) is 51.4 Å². The average molecular weight is 244 g/mol. The first-order valence-corrected chi connectivity index (χ1v) is 7.75. The highest BCUT2D eigenvalue weighted by Gasteiger charge is 2.19. The Kier molecular flexibility index (Phi) is 5.28. The zero-order chi connectivity index (χ0) is 12.8. The van der Waals surface area contributed by atoms with Crippen LogP contribution in [0.15, 0.2) is 37.5 Å². The third-order valence-corrected chi connectivity index (χ3v) is 4.96. The van der Waals surface area contributed by atoms with Gasteiger partial charge >= 0.3 is 0 Å². The zero-order valence-corrected chi connectivity index (χ0v) is 11.7. The molecule has 2 rings (SSSR count). The Morgan fingerprint density at radius 1 is 0.500 bits per heavy atom. The van der Waals surface area contributed by atoms with Crippen LogP contribution in [0.5, 0.6) is 0 Å². The highest BCUT2D eigenvalue weighted by atomic mass is 14.2. The van der Waals surface area contributed by atoms with Crippen LogP contribution in [0, 0.1) is 23.7 Å². The van der Waals surface area contributed by atoms with E-state index in [0.29, 0.717) is 0 Å². The van der Waals surface area contributed by atoms with Crippen molar-refractivity contribution in [2.45, 2.75) is 51.4 Å². The fourth-order valence-corrected chi connectivity index (χ4v) is 3.46. The van der Waals surface area contributed by atoms with Gasteiger partial charge in [0.05, 0.1) is 0 Å². The predicted molar refractivity (Wildman–Crippen MR) is 80.4 cm³/mol. The molecule has 2 fully saturated rings. The third kappa shape index (κ3) is 3.86. The fourth-order valence-electron chi connectivity index (χ4n) is 3.46. The molecule has 0 N–H and O–H groups in total. The summed E-state index contributed by atoms with van der Waals surface area (Å²) in [7, 11) is 0. The van der Waals surface area contributed by atoms with E-state index in [9.17, 15) is 0 Å². The number of hydrogen-bond donors (Lipinski definition) is 0. The Balaban J connectivity index is 1.71. The molecule has 0 radical (unpaired) electrons. The monoisotopic (exact) mass is 244 g/mol. The predicted octanol–water partition coefficient (Wildman–Crippen LogP) is 5.53. The van der Waals surface area contributed by atoms with E-state index in [-0.39, 0.29) is 0 Å². The molecule has 0 atom stereocenters. The van der Waals surface area contributed by atoms with Crippen LogP contribution in [0.2, 0.25) is 0 Å². The van der Waals surface area contributed by atoms with Crippen LogP contribution in [0.4, 0.5) is 0 Å². The molecule has 2 aliphatic rings. The Morgan fingerprint density at radius 3 is 1.06 bits per heavy atom. The lowest BCUT2D eigenvalue weighted by atomic mass is 9.79. The standard InChI is InChI=1S/C18H28/c1-3-15-5-9-17(10-6-15)13-14-18-11-7-16(4-2)8-12-18/h3-4,13-18H,1-2,5-12H2. The largest absolute Gasteiger partial charge is 0.103 e. The van der Waals surface area contributed by atoms with Gasteiger partial charge in [-0.1, -0.05) is 24.3 Å². The minimum atomic E-state index is 0.790. The van der Waals surface area contributed by atoms with Crippen molar-refractivity contribution >= 4 is 0 Å². The molecule has 2 saturated carbocycles. The van der Waals surface area contributed by atoms with Gasteiger partial charge in [0.25, 0.3) is 0 Å². The van der Waals surface area contributed by atoms with Gasteiger partial charge in [-0.3, -0.25) is 0 Å². The maximum atomic E-state index is 3.92. The van der Waals surface area contributed by atoms with Crippen molar-refractivity contribution in [2.24, 2.45) is 23.7 Å². The van der Waals surface area contributed by atoms with E-state index in [2.05, 4.69) is 37.5 Å². The summed E-state index contributed by atoms with van der Waals surface area (Å²) >= 11 is 0. The van der Waals surface area contributed by atoms with Gasteiger partial charge in [0.1, 0.15) is 0 Å². The Labute approximate surface area is 113 Å². The lowest BCUT2D eigenvalue weighted by Crippen LogP contribution is -2.13. The maximum absolute atomic E-state index is 3.92. The van der Waals surface area contributed by atoms with Crippen molar-refractivity contribution in [1.29, 1.82) is 0 Å². The van der Waals surface area contributed by atoms with Gasteiger partial charge in [-0.2, -0.15) is 0 Å². The molecule has 0 heteroatoms. The van der Waals surface area contributed by atoms with Gasteiger partial charge in [-0.05, 0) is 75.0 Å². The first-order valence-electron chi connectivity index (χ1n) is 7.75. The van der Waals surface area contributed by atoms with Gasteiger partial charge in [-0.25, -0.2) is 0 Å². The van der Waals surface area contributed by atoms with Crippen molar-refractivity contribution < 1.29 is 0 Å². The van der Waals surface area contributed by atoms with Gasteiger partial charge in [0, 0.05) is 0 Å². The molecule has 100 valence electrons. The van der Waals surface area contributed by atoms with E-state index in [1.807, 2.05) is 0 Å². The normalized spacial score (nSPS) is 37.6. The highest BCUT2D eigenvalue weighted by molar-refractivity contribution is 4.98. The SMILES string of the molecule is C=CC1CCC(C=CC2CCC(C=C)CC2)CC1. The molecule has 0 bridgehead atoms. The van der Waals surface area contributed by atoms with Gasteiger partial charge < -0.3 is 0 Å². The molecule has 2 aliphatic carbocycles. The molecule has 0 aromatic rings. The van der Waals surface area contributed by atoms with Gasteiger partial charge in [0.2, 0.25) is 0 Å². The van der Waals surface area contributed by atoms with Gasteiger partial charge in [-0.15, -0.1) is 13.2 Å². The first-order chi connectivity index (χ1) is 8.81. The second kappa shape index (κ2) is 6.97. The molecular formula is C18H28. The molecule has 0 spiro atoms. The van der Waals surface area contributed by atoms with E-state index in [1.165, 1.54) is 51.4 Å². The van der Waals surface area contributed by atoms with Crippen molar-refractivity contribution in [3.05, 3.63) is 37.5 Å². The lowest BCUT2D eigenvalue weighted by molar-refractivity contribution is 0.343. The topological polar surface area (TPSA) is 0 Å². The number of allylic oxidation sites excluding steroid dienone is 4. The van der Waals surface area contributed by atoms with Crippen molar-refractivity contribution in [1.82, 2.24) is 0 Å². The number of hydrogen-bond acceptors (Lipinski definition) is 0. The van der Waals surface area contributed by atoms with Crippen molar-refractivity contribution in [2.75, 3.05) is 0 Å². The Hall–Kier alpha value is -0.780. The molecule has 0 nitrogen and oxygen atoms in total. The van der Waals surface area contributed by atoms with Crippen molar-refractivity contribution in [3.8, 4) is 0 Å². The molecule has 18 heavy (non-hydrogen) atoms. The Bertz CT molecular complexity index is 253. The molecule has 0 heterocycles. The fraction of sp³-hybridized carbons (Fsp3) is 0.667. The molecular weight excluding hydrogens is 216 g/mol. The summed E-state index contributed by atoms with van der Waals surface area (Å²) in [5.41, 5.74) is 0. The van der Waals surface area contributed by atoms with Crippen LogP contribution in [-0.2, 0) is 0 Å². The highest BCUT2D eigenvalue weighted by Crippen LogP contribution is 2.33. The van der Waals surface area contributed by atoms with Gasteiger partial charge in [0.15, 0.2) is 0 Å². The van der Waals surface area contributed by atoms with E-state index in [1.54, 1.807) is 0 Å². The van der Waals surface area contributed by atoms with E-state index in [0.717, 1.165) is 23.7 Å². The molecule has 0 saturated heterocycles. The summed E-state index contributed by atoms with van der Waals surface area (Å²) in [5, 5.41) is 0. The summed E-state index contributed by atoms with van der Waals surface area (Å²) in [6.07, 6.45) is 20.2. The summed E-state index contributed by atoms with van der Waals surface area (Å²) in [5.74, 6) is 3.27. The van der Waals surface area contributed by atoms with Crippen LogP contribution in [-0.4, -0.2) is 0 Å².